The smallest absolute Gasteiger partial charge is 0.222 e. The maximum atomic E-state index is 11.2. The Morgan fingerprint density at radius 3 is 2.95 bits per heavy atom. The van der Waals surface area contributed by atoms with Gasteiger partial charge in [-0.2, -0.15) is 0 Å². The van der Waals surface area contributed by atoms with E-state index in [-0.39, 0.29) is 11.8 Å². The van der Waals surface area contributed by atoms with Crippen LogP contribution in [-0.2, 0) is 4.79 Å². The van der Waals surface area contributed by atoms with E-state index in [1.807, 2.05) is 6.92 Å². The molecule has 0 aliphatic carbocycles. The number of nitrogens with one attached hydrogen (secondary N) is 1. The van der Waals surface area contributed by atoms with Crippen LogP contribution in [0, 0.1) is 5.92 Å². The van der Waals surface area contributed by atoms with Crippen molar-refractivity contribution in [1.82, 2.24) is 5.32 Å². The summed E-state index contributed by atoms with van der Waals surface area (Å²) >= 11 is 0. The molecular formula is C15H23N3O. The molecule has 1 aromatic rings. The third-order valence-electron chi connectivity index (χ3n) is 3.77. The fraction of sp³-hybridized carbons (Fsp3) is 0.533. The lowest BCUT2D eigenvalue weighted by Gasteiger charge is -2.37. The molecule has 1 aliphatic rings. The first-order valence-electron chi connectivity index (χ1n) is 7.00. The third kappa shape index (κ3) is 3.07. The van der Waals surface area contributed by atoms with Crippen LogP contribution in [0.25, 0.3) is 0 Å². The highest BCUT2D eigenvalue weighted by Crippen LogP contribution is 2.33. The minimum Gasteiger partial charge on any atom is -0.370 e. The van der Waals surface area contributed by atoms with E-state index < -0.39 is 0 Å². The van der Waals surface area contributed by atoms with Gasteiger partial charge in [-0.05, 0) is 24.6 Å². The van der Waals surface area contributed by atoms with E-state index >= 15 is 0 Å². The summed E-state index contributed by atoms with van der Waals surface area (Å²) in [6, 6.07) is 8.84. The van der Waals surface area contributed by atoms with Crippen molar-refractivity contribution >= 4 is 11.6 Å². The number of rotatable bonds is 5. The van der Waals surface area contributed by atoms with Crippen LogP contribution in [0.4, 0.5) is 5.69 Å². The van der Waals surface area contributed by atoms with E-state index in [1.54, 1.807) is 0 Å². The van der Waals surface area contributed by atoms with E-state index in [4.69, 9.17) is 5.73 Å². The van der Waals surface area contributed by atoms with Crippen molar-refractivity contribution in [2.24, 2.45) is 11.7 Å². The maximum absolute atomic E-state index is 11.2. The molecule has 0 saturated carbocycles. The van der Waals surface area contributed by atoms with Gasteiger partial charge < -0.3 is 16.0 Å². The Bertz CT molecular complexity index is 447. The Balaban J connectivity index is 2.20. The minimum absolute atomic E-state index is 0.122. The Kier molecular flexibility index (Phi) is 4.43. The van der Waals surface area contributed by atoms with Crippen LogP contribution in [0.1, 0.15) is 31.9 Å². The molecule has 3 N–H and O–H groups in total. The normalized spacial score (nSPS) is 19.9. The lowest BCUT2D eigenvalue weighted by Crippen LogP contribution is -2.40. The van der Waals surface area contributed by atoms with Gasteiger partial charge in [0.05, 0.1) is 5.92 Å². The number of fused-ring (bicyclic) bond motifs is 1. The molecule has 2 atom stereocenters. The fourth-order valence-electron chi connectivity index (χ4n) is 2.70. The van der Waals surface area contributed by atoms with Gasteiger partial charge in [0, 0.05) is 24.8 Å². The van der Waals surface area contributed by atoms with Crippen LogP contribution in [0.3, 0.4) is 0 Å². The van der Waals surface area contributed by atoms with Crippen LogP contribution in [0.5, 0.6) is 0 Å². The van der Waals surface area contributed by atoms with Crippen molar-refractivity contribution in [2.45, 2.75) is 26.3 Å². The first kappa shape index (κ1) is 13.9. The summed E-state index contributed by atoms with van der Waals surface area (Å²) in [5, 5.41) is 3.52. The van der Waals surface area contributed by atoms with Gasteiger partial charge >= 0.3 is 0 Å². The molecular weight excluding hydrogens is 238 g/mol. The zero-order valence-electron chi connectivity index (χ0n) is 11.7. The SMILES string of the molecule is CCNC1CCN(CC(C)C(N)=O)c2ccccc21. The van der Waals surface area contributed by atoms with Crippen molar-refractivity contribution in [3.05, 3.63) is 29.8 Å². The van der Waals surface area contributed by atoms with Crippen molar-refractivity contribution in [3.8, 4) is 0 Å². The second-order valence-corrected chi connectivity index (χ2v) is 5.21. The topological polar surface area (TPSA) is 58.4 Å². The number of nitrogens with two attached hydrogens (primary N) is 1. The van der Waals surface area contributed by atoms with Gasteiger partial charge in [0.1, 0.15) is 0 Å². The number of amides is 1. The summed E-state index contributed by atoms with van der Waals surface area (Å²) in [5.74, 6) is -0.352. The van der Waals surface area contributed by atoms with Gasteiger partial charge in [0.25, 0.3) is 0 Å². The lowest BCUT2D eigenvalue weighted by molar-refractivity contribution is -0.121. The number of primary amides is 1. The van der Waals surface area contributed by atoms with Crippen LogP contribution in [-0.4, -0.2) is 25.5 Å². The van der Waals surface area contributed by atoms with Crippen LogP contribution in [0.15, 0.2) is 24.3 Å². The van der Waals surface area contributed by atoms with Gasteiger partial charge in [-0.15, -0.1) is 0 Å². The van der Waals surface area contributed by atoms with E-state index in [0.717, 1.165) is 19.5 Å². The average Bonchev–Trinajstić information content (AvgIpc) is 2.41. The standard InChI is InChI=1S/C15H23N3O/c1-3-17-13-8-9-18(10-11(2)15(16)19)14-7-5-4-6-12(13)14/h4-7,11,13,17H,3,8-10H2,1-2H3,(H2,16,19). The number of nitrogens with zero attached hydrogens (tertiary/aromatic N) is 1. The summed E-state index contributed by atoms with van der Waals surface area (Å²) in [6.07, 6.45) is 1.07. The molecule has 0 saturated heterocycles. The molecule has 19 heavy (non-hydrogen) atoms. The van der Waals surface area contributed by atoms with E-state index in [2.05, 4.69) is 41.4 Å². The largest absolute Gasteiger partial charge is 0.370 e. The second kappa shape index (κ2) is 6.06. The maximum Gasteiger partial charge on any atom is 0.222 e. The highest BCUT2D eigenvalue weighted by Gasteiger charge is 2.25. The van der Waals surface area contributed by atoms with E-state index in [0.29, 0.717) is 12.6 Å². The first-order chi connectivity index (χ1) is 9.13. The summed E-state index contributed by atoms with van der Waals surface area (Å²) in [6.45, 7) is 6.65. The number of hydrogen-bond acceptors (Lipinski definition) is 3. The highest BCUT2D eigenvalue weighted by molar-refractivity contribution is 5.77. The monoisotopic (exact) mass is 261 g/mol. The number of anilines is 1. The first-order valence-corrected chi connectivity index (χ1v) is 7.00. The molecule has 0 fully saturated rings. The molecule has 1 amide bonds. The molecule has 1 aliphatic heterocycles. The highest BCUT2D eigenvalue weighted by atomic mass is 16.1. The fourth-order valence-corrected chi connectivity index (χ4v) is 2.70. The molecule has 0 radical (unpaired) electrons. The van der Waals surface area contributed by atoms with Crippen LogP contribution >= 0.6 is 0 Å². The molecule has 104 valence electrons. The van der Waals surface area contributed by atoms with E-state index in [1.165, 1.54) is 11.3 Å². The van der Waals surface area contributed by atoms with Crippen molar-refractivity contribution < 1.29 is 4.79 Å². The quantitative estimate of drug-likeness (QED) is 0.847. The van der Waals surface area contributed by atoms with E-state index in [9.17, 15) is 4.79 Å². The Morgan fingerprint density at radius 1 is 1.53 bits per heavy atom. The summed E-state index contributed by atoms with van der Waals surface area (Å²) < 4.78 is 0. The second-order valence-electron chi connectivity index (χ2n) is 5.21. The number of benzene rings is 1. The predicted molar refractivity (Wildman–Crippen MR) is 78.0 cm³/mol. The molecule has 2 rings (SSSR count). The zero-order chi connectivity index (χ0) is 13.8. The molecule has 2 unspecified atom stereocenters. The number of hydrogen-bond donors (Lipinski definition) is 2. The molecule has 1 aromatic carbocycles. The number of carbonyl (C=O) groups is 1. The van der Waals surface area contributed by atoms with Crippen molar-refractivity contribution in [3.63, 3.8) is 0 Å². The number of para-hydroxylation sites is 1. The summed E-state index contributed by atoms with van der Waals surface area (Å²) in [4.78, 5) is 13.5. The average molecular weight is 261 g/mol. The van der Waals surface area contributed by atoms with Gasteiger partial charge in [0.15, 0.2) is 0 Å². The molecule has 0 bridgehead atoms. The van der Waals surface area contributed by atoms with Gasteiger partial charge in [-0.1, -0.05) is 32.0 Å². The molecule has 4 heteroatoms. The zero-order valence-corrected chi connectivity index (χ0v) is 11.7. The Labute approximate surface area is 115 Å². The third-order valence-corrected chi connectivity index (χ3v) is 3.77. The minimum atomic E-state index is -0.230. The van der Waals surface area contributed by atoms with Crippen LogP contribution < -0.4 is 16.0 Å². The molecule has 1 heterocycles. The Morgan fingerprint density at radius 2 is 2.26 bits per heavy atom. The molecule has 0 aromatic heterocycles. The van der Waals surface area contributed by atoms with Gasteiger partial charge in [0.2, 0.25) is 5.91 Å². The van der Waals surface area contributed by atoms with Gasteiger partial charge in [-0.3, -0.25) is 4.79 Å². The molecule has 0 spiro atoms. The van der Waals surface area contributed by atoms with Crippen molar-refractivity contribution in [1.29, 1.82) is 0 Å². The molecule has 4 nitrogen and oxygen atoms in total. The summed E-state index contributed by atoms with van der Waals surface area (Å²) in [7, 11) is 0. The predicted octanol–water partition coefficient (Wildman–Crippen LogP) is 1.67. The van der Waals surface area contributed by atoms with Crippen molar-refractivity contribution in [2.75, 3.05) is 24.5 Å². The summed E-state index contributed by atoms with van der Waals surface area (Å²) in [5.41, 5.74) is 7.93. The lowest BCUT2D eigenvalue weighted by atomic mass is 9.95. The Hall–Kier alpha value is -1.55. The van der Waals surface area contributed by atoms with Crippen LogP contribution in [0.2, 0.25) is 0 Å². The van der Waals surface area contributed by atoms with Gasteiger partial charge in [-0.25, -0.2) is 0 Å². The number of carbonyl (C=O) groups excluding carboxylic acids is 1.